The number of fused-ring (bicyclic) bond motifs is 1. The number of aryl methyl sites for hydroxylation is 1. The van der Waals surface area contributed by atoms with Crippen molar-refractivity contribution in [2.24, 2.45) is 4.99 Å². The molecule has 0 aliphatic carbocycles. The van der Waals surface area contributed by atoms with E-state index in [1.165, 1.54) is 12.1 Å². The SMILES string of the molecule is CCc1ccc2oc(-c3cc(N=C/C=C\c4cccc([N+](=O)[O-])c4)ccc3O)nc2c1. The van der Waals surface area contributed by atoms with E-state index in [1.807, 2.05) is 18.2 Å². The number of hydrogen-bond donors (Lipinski definition) is 1. The fraction of sp³-hybridized carbons (Fsp3) is 0.0833. The number of nitro benzene ring substituents is 1. The molecule has 0 fully saturated rings. The molecular weight excluding hydrogens is 394 g/mol. The number of aromatic nitrogens is 1. The van der Waals surface area contributed by atoms with Crippen LogP contribution < -0.4 is 0 Å². The molecule has 4 rings (SSSR count). The molecule has 0 bridgehead atoms. The predicted octanol–water partition coefficient (Wildman–Crippen LogP) is 6.09. The van der Waals surface area contributed by atoms with E-state index < -0.39 is 4.92 Å². The molecule has 0 radical (unpaired) electrons. The summed E-state index contributed by atoms with van der Waals surface area (Å²) in [5.41, 5.74) is 4.34. The maximum Gasteiger partial charge on any atom is 0.270 e. The maximum absolute atomic E-state index is 10.9. The van der Waals surface area contributed by atoms with Crippen LogP contribution >= 0.6 is 0 Å². The molecule has 1 heterocycles. The predicted molar refractivity (Wildman–Crippen MR) is 121 cm³/mol. The van der Waals surface area contributed by atoms with Gasteiger partial charge in [-0.3, -0.25) is 15.1 Å². The molecule has 7 heteroatoms. The lowest BCUT2D eigenvalue weighted by atomic mass is 10.1. The number of aromatic hydroxyl groups is 1. The van der Waals surface area contributed by atoms with Gasteiger partial charge in [0.1, 0.15) is 11.3 Å². The van der Waals surface area contributed by atoms with Crippen LogP contribution in [-0.2, 0) is 6.42 Å². The molecule has 4 aromatic rings. The summed E-state index contributed by atoms with van der Waals surface area (Å²) in [5, 5.41) is 21.1. The molecule has 0 aliphatic heterocycles. The number of rotatable bonds is 6. The third-order valence-corrected chi connectivity index (χ3v) is 4.75. The highest BCUT2D eigenvalue weighted by atomic mass is 16.6. The first-order valence-corrected chi connectivity index (χ1v) is 9.71. The van der Waals surface area contributed by atoms with Crippen molar-refractivity contribution in [3.8, 4) is 17.2 Å². The van der Waals surface area contributed by atoms with Crippen molar-refractivity contribution in [1.29, 1.82) is 0 Å². The molecule has 7 nitrogen and oxygen atoms in total. The van der Waals surface area contributed by atoms with Gasteiger partial charge in [-0.15, -0.1) is 0 Å². The Hall–Kier alpha value is -4.26. The molecule has 1 N–H and O–H groups in total. The zero-order valence-corrected chi connectivity index (χ0v) is 16.7. The summed E-state index contributed by atoms with van der Waals surface area (Å²) in [4.78, 5) is 19.3. The van der Waals surface area contributed by atoms with Gasteiger partial charge in [0.15, 0.2) is 5.58 Å². The number of oxazole rings is 1. The van der Waals surface area contributed by atoms with Crippen LogP contribution in [0.15, 0.2) is 76.1 Å². The van der Waals surface area contributed by atoms with E-state index in [2.05, 4.69) is 16.9 Å². The molecule has 0 unspecified atom stereocenters. The Bertz CT molecular complexity index is 1320. The van der Waals surface area contributed by atoms with Gasteiger partial charge in [-0.25, -0.2) is 4.98 Å². The molecule has 0 saturated carbocycles. The van der Waals surface area contributed by atoms with Gasteiger partial charge >= 0.3 is 0 Å². The second-order valence-corrected chi connectivity index (χ2v) is 6.87. The average molecular weight is 413 g/mol. The number of aliphatic imine (C=N–C) groups is 1. The zero-order valence-electron chi connectivity index (χ0n) is 16.7. The van der Waals surface area contributed by atoms with E-state index in [0.717, 1.165) is 17.5 Å². The van der Waals surface area contributed by atoms with Crippen molar-refractivity contribution < 1.29 is 14.4 Å². The van der Waals surface area contributed by atoms with Gasteiger partial charge < -0.3 is 9.52 Å². The Morgan fingerprint density at radius 1 is 1.16 bits per heavy atom. The highest BCUT2D eigenvalue weighted by molar-refractivity contribution is 5.82. The molecule has 0 saturated heterocycles. The zero-order chi connectivity index (χ0) is 21.8. The summed E-state index contributed by atoms with van der Waals surface area (Å²) in [6.45, 7) is 2.07. The third kappa shape index (κ3) is 4.51. The molecule has 0 aliphatic rings. The fourth-order valence-electron chi connectivity index (χ4n) is 3.11. The first kappa shape index (κ1) is 20.0. The summed E-state index contributed by atoms with van der Waals surface area (Å²) < 4.78 is 5.81. The van der Waals surface area contributed by atoms with Crippen LogP contribution in [0.25, 0.3) is 28.6 Å². The highest BCUT2D eigenvalue weighted by Crippen LogP contribution is 2.34. The smallest absolute Gasteiger partial charge is 0.270 e. The van der Waals surface area contributed by atoms with Gasteiger partial charge in [0, 0.05) is 18.3 Å². The minimum Gasteiger partial charge on any atom is -0.507 e. The summed E-state index contributed by atoms with van der Waals surface area (Å²) in [7, 11) is 0. The second-order valence-electron chi connectivity index (χ2n) is 6.87. The Kier molecular flexibility index (Phi) is 5.57. The summed E-state index contributed by atoms with van der Waals surface area (Å²) >= 11 is 0. The molecule has 0 atom stereocenters. The van der Waals surface area contributed by atoms with Crippen LogP contribution in [0.1, 0.15) is 18.1 Å². The quantitative estimate of drug-likeness (QED) is 0.234. The Morgan fingerprint density at radius 2 is 2.03 bits per heavy atom. The Morgan fingerprint density at radius 3 is 2.84 bits per heavy atom. The van der Waals surface area contributed by atoms with Gasteiger partial charge in [-0.2, -0.15) is 0 Å². The van der Waals surface area contributed by atoms with Crippen LogP contribution in [0.4, 0.5) is 11.4 Å². The Labute approximate surface area is 178 Å². The normalized spacial score (nSPS) is 11.6. The van der Waals surface area contributed by atoms with Crippen molar-refractivity contribution in [2.45, 2.75) is 13.3 Å². The van der Waals surface area contributed by atoms with E-state index in [0.29, 0.717) is 28.3 Å². The topological polar surface area (TPSA) is 102 Å². The largest absolute Gasteiger partial charge is 0.507 e. The summed E-state index contributed by atoms with van der Waals surface area (Å²) in [6, 6.07) is 17.1. The van der Waals surface area contributed by atoms with Crippen molar-refractivity contribution in [3.63, 3.8) is 0 Å². The lowest BCUT2D eigenvalue weighted by Crippen LogP contribution is -1.87. The monoisotopic (exact) mass is 413 g/mol. The Balaban J connectivity index is 1.56. The fourth-order valence-corrected chi connectivity index (χ4v) is 3.11. The van der Waals surface area contributed by atoms with Crippen LogP contribution in [0.3, 0.4) is 0 Å². The van der Waals surface area contributed by atoms with E-state index in [-0.39, 0.29) is 11.4 Å². The molecule has 0 amide bonds. The number of hydrogen-bond acceptors (Lipinski definition) is 6. The minimum atomic E-state index is -0.432. The maximum atomic E-state index is 10.9. The standard InChI is InChI=1S/C24H19N3O4/c1-2-16-8-11-23-21(14-16)26-24(31-23)20-15-18(9-10-22(20)28)25-12-4-6-17-5-3-7-19(13-17)27(29)30/h3-15,28H,2H2,1H3/b6-4-,25-12?. The molecular formula is C24H19N3O4. The summed E-state index contributed by atoms with van der Waals surface area (Å²) in [5.74, 6) is 0.373. The molecule has 154 valence electrons. The van der Waals surface area contributed by atoms with Gasteiger partial charge in [-0.1, -0.05) is 31.2 Å². The van der Waals surface area contributed by atoms with Crippen LogP contribution in [-0.4, -0.2) is 21.2 Å². The van der Waals surface area contributed by atoms with Crippen molar-refractivity contribution in [2.75, 3.05) is 0 Å². The summed E-state index contributed by atoms with van der Waals surface area (Å²) in [6.07, 6.45) is 5.90. The lowest BCUT2D eigenvalue weighted by molar-refractivity contribution is -0.384. The number of allylic oxidation sites excluding steroid dienone is 1. The molecule has 3 aromatic carbocycles. The molecule has 0 spiro atoms. The minimum absolute atomic E-state index is 0.0339. The number of phenols is 1. The van der Waals surface area contributed by atoms with E-state index in [4.69, 9.17) is 4.42 Å². The lowest BCUT2D eigenvalue weighted by Gasteiger charge is -2.01. The first-order chi connectivity index (χ1) is 15.0. The molecule has 31 heavy (non-hydrogen) atoms. The molecule has 1 aromatic heterocycles. The van der Waals surface area contributed by atoms with Crippen LogP contribution in [0.5, 0.6) is 5.75 Å². The van der Waals surface area contributed by atoms with Crippen LogP contribution in [0, 0.1) is 10.1 Å². The van der Waals surface area contributed by atoms with Crippen molar-refractivity contribution >= 4 is 34.8 Å². The number of benzene rings is 3. The van der Waals surface area contributed by atoms with Crippen molar-refractivity contribution in [1.82, 2.24) is 4.98 Å². The number of phenolic OH excluding ortho intramolecular Hbond substituents is 1. The number of nitro groups is 1. The van der Waals surface area contributed by atoms with Gasteiger partial charge in [0.2, 0.25) is 5.89 Å². The average Bonchev–Trinajstić information content (AvgIpc) is 3.21. The van der Waals surface area contributed by atoms with Gasteiger partial charge in [-0.05, 0) is 54.0 Å². The van der Waals surface area contributed by atoms with Gasteiger partial charge in [0.25, 0.3) is 5.69 Å². The van der Waals surface area contributed by atoms with E-state index in [1.54, 1.807) is 48.7 Å². The highest BCUT2D eigenvalue weighted by Gasteiger charge is 2.13. The third-order valence-electron chi connectivity index (χ3n) is 4.75. The number of non-ortho nitro benzene ring substituents is 1. The first-order valence-electron chi connectivity index (χ1n) is 9.71. The van der Waals surface area contributed by atoms with Crippen LogP contribution in [0.2, 0.25) is 0 Å². The second kappa shape index (κ2) is 8.62. The number of nitrogens with zero attached hydrogens (tertiary/aromatic N) is 3. The van der Waals surface area contributed by atoms with E-state index >= 15 is 0 Å². The van der Waals surface area contributed by atoms with Crippen molar-refractivity contribution in [3.05, 3.63) is 88.0 Å². The van der Waals surface area contributed by atoms with Gasteiger partial charge in [0.05, 0.1) is 16.2 Å². The van der Waals surface area contributed by atoms with E-state index in [9.17, 15) is 15.2 Å².